The van der Waals surface area contributed by atoms with E-state index < -0.39 is 23.0 Å². The third-order valence-electron chi connectivity index (χ3n) is 6.48. The molecule has 4 aliphatic rings. The first kappa shape index (κ1) is 15.6. The summed E-state index contributed by atoms with van der Waals surface area (Å²) in [6.07, 6.45) is 1.59. The van der Waals surface area contributed by atoms with Crippen LogP contribution in [0.4, 0.5) is 17.1 Å². The first-order chi connectivity index (χ1) is 12.4. The Morgan fingerprint density at radius 2 is 1.65 bits per heavy atom. The zero-order chi connectivity index (χ0) is 18.3. The van der Waals surface area contributed by atoms with Crippen molar-refractivity contribution in [3.8, 4) is 6.07 Å². The van der Waals surface area contributed by atoms with Gasteiger partial charge in [0.1, 0.15) is 6.07 Å². The van der Waals surface area contributed by atoms with Crippen molar-refractivity contribution < 1.29 is 14.3 Å². The highest BCUT2D eigenvalue weighted by Gasteiger charge is 2.72. The van der Waals surface area contributed by atoms with E-state index in [4.69, 9.17) is 4.74 Å². The molecular formula is C19H20N4O3. The Morgan fingerprint density at radius 1 is 1.08 bits per heavy atom. The molecule has 2 amide bonds. The lowest BCUT2D eigenvalue weighted by Crippen LogP contribution is -2.40. The molecule has 3 saturated heterocycles. The van der Waals surface area contributed by atoms with Crippen molar-refractivity contribution >= 4 is 28.9 Å². The van der Waals surface area contributed by atoms with Gasteiger partial charge in [-0.3, -0.25) is 9.59 Å². The third-order valence-corrected chi connectivity index (χ3v) is 6.48. The van der Waals surface area contributed by atoms with E-state index in [0.29, 0.717) is 35.7 Å². The highest BCUT2D eigenvalue weighted by atomic mass is 16.5. The second-order valence-electron chi connectivity index (χ2n) is 8.04. The van der Waals surface area contributed by atoms with Crippen molar-refractivity contribution in [3.63, 3.8) is 0 Å². The van der Waals surface area contributed by atoms with Crippen LogP contribution >= 0.6 is 0 Å². The van der Waals surface area contributed by atoms with Gasteiger partial charge in [0.2, 0.25) is 11.8 Å². The fourth-order valence-corrected chi connectivity index (χ4v) is 5.31. The van der Waals surface area contributed by atoms with Crippen molar-refractivity contribution in [2.24, 2.45) is 11.8 Å². The average molecular weight is 352 g/mol. The van der Waals surface area contributed by atoms with Crippen LogP contribution in [0.25, 0.3) is 0 Å². The van der Waals surface area contributed by atoms with Crippen LogP contribution in [0.3, 0.4) is 0 Å². The van der Waals surface area contributed by atoms with E-state index in [1.807, 2.05) is 13.8 Å². The molecule has 7 heteroatoms. The minimum absolute atomic E-state index is 0.190. The second-order valence-corrected chi connectivity index (χ2v) is 8.04. The van der Waals surface area contributed by atoms with Gasteiger partial charge in [0, 0.05) is 13.1 Å². The number of ether oxygens (including phenoxy) is 1. The number of carbonyl (C=O) groups is 2. The first-order valence-corrected chi connectivity index (χ1v) is 9.02. The maximum absolute atomic E-state index is 13.3. The maximum atomic E-state index is 13.3. The highest BCUT2D eigenvalue weighted by molar-refractivity contribution is 6.25. The number of hydrogen-bond donors (Lipinski definition) is 2. The van der Waals surface area contributed by atoms with Gasteiger partial charge >= 0.3 is 0 Å². The molecule has 3 fully saturated rings. The molecule has 0 aromatic heterocycles. The summed E-state index contributed by atoms with van der Waals surface area (Å²) in [6.45, 7) is 5.25. The monoisotopic (exact) mass is 352 g/mol. The lowest BCUT2D eigenvalue weighted by molar-refractivity contribution is -0.129. The lowest BCUT2D eigenvalue weighted by Gasteiger charge is -2.29. The number of hydrogen-bond acceptors (Lipinski definition) is 6. The van der Waals surface area contributed by atoms with Gasteiger partial charge in [-0.1, -0.05) is 0 Å². The molecule has 2 unspecified atom stereocenters. The van der Waals surface area contributed by atoms with Gasteiger partial charge in [-0.15, -0.1) is 0 Å². The van der Waals surface area contributed by atoms with E-state index in [2.05, 4.69) is 16.7 Å². The first-order valence-electron chi connectivity index (χ1n) is 9.02. The Labute approximate surface area is 151 Å². The van der Waals surface area contributed by atoms with Crippen LogP contribution in [0, 0.1) is 23.2 Å². The van der Waals surface area contributed by atoms with Crippen molar-refractivity contribution in [1.82, 2.24) is 0 Å². The molecule has 0 radical (unpaired) electrons. The van der Waals surface area contributed by atoms with Crippen LogP contribution < -0.4 is 15.5 Å². The summed E-state index contributed by atoms with van der Waals surface area (Å²) < 4.78 is 6.15. The summed E-state index contributed by atoms with van der Waals surface area (Å²) in [5.74, 6) is -1.25. The zero-order valence-corrected chi connectivity index (χ0v) is 14.8. The van der Waals surface area contributed by atoms with Gasteiger partial charge in [0.15, 0.2) is 0 Å². The Hall–Kier alpha value is -2.59. The van der Waals surface area contributed by atoms with E-state index in [-0.39, 0.29) is 11.8 Å². The van der Waals surface area contributed by atoms with E-state index >= 15 is 0 Å². The van der Waals surface area contributed by atoms with Gasteiger partial charge in [-0.25, -0.2) is 4.90 Å². The predicted molar refractivity (Wildman–Crippen MR) is 94.7 cm³/mol. The molecule has 0 saturated carbocycles. The minimum Gasteiger partial charge on any atom is -0.380 e. The summed E-state index contributed by atoms with van der Waals surface area (Å²) in [7, 11) is 0. The topological polar surface area (TPSA) is 94.5 Å². The number of rotatable bonds is 1. The number of nitriles is 1. The predicted octanol–water partition coefficient (Wildman–Crippen LogP) is 1.84. The molecular weight excluding hydrogens is 332 g/mol. The smallest absolute Gasteiger partial charge is 0.240 e. The molecule has 5 rings (SSSR count). The highest BCUT2D eigenvalue weighted by Crippen LogP contribution is 2.61. The number of nitrogens with one attached hydrogen (secondary N) is 2. The van der Waals surface area contributed by atoms with Crippen molar-refractivity contribution in [2.75, 3.05) is 28.6 Å². The number of nitrogens with zero attached hydrogens (tertiary/aromatic N) is 2. The molecule has 4 heterocycles. The second kappa shape index (κ2) is 4.77. The van der Waals surface area contributed by atoms with Crippen LogP contribution in [0.2, 0.25) is 0 Å². The van der Waals surface area contributed by atoms with E-state index in [0.717, 1.165) is 12.8 Å². The Bertz CT molecular complexity index is 873. The van der Waals surface area contributed by atoms with Crippen LogP contribution in [-0.2, 0) is 14.3 Å². The number of carbonyl (C=O) groups excluding carboxylic acids is 2. The lowest BCUT2D eigenvalue weighted by atomic mass is 9.69. The summed E-state index contributed by atoms with van der Waals surface area (Å²) >= 11 is 0. The summed E-state index contributed by atoms with van der Waals surface area (Å²) in [5.41, 5.74) is 1.20. The Balaban J connectivity index is 1.64. The largest absolute Gasteiger partial charge is 0.380 e. The molecule has 1 aromatic carbocycles. The molecule has 4 atom stereocenters. The Morgan fingerprint density at radius 3 is 2.23 bits per heavy atom. The number of benzene rings is 1. The third kappa shape index (κ3) is 1.70. The fourth-order valence-electron chi connectivity index (χ4n) is 5.31. The molecule has 4 aliphatic heterocycles. The van der Waals surface area contributed by atoms with E-state index in [9.17, 15) is 14.9 Å². The molecule has 2 N–H and O–H groups in total. The van der Waals surface area contributed by atoms with Gasteiger partial charge < -0.3 is 15.4 Å². The zero-order valence-electron chi connectivity index (χ0n) is 14.8. The van der Waals surface area contributed by atoms with Crippen molar-refractivity contribution in [2.45, 2.75) is 37.9 Å². The normalized spacial score (nSPS) is 37.0. The quantitative estimate of drug-likeness (QED) is 0.749. The number of anilines is 3. The number of fused-ring (bicyclic) bond motifs is 6. The fraction of sp³-hybridized carbons (Fsp3) is 0.526. The summed E-state index contributed by atoms with van der Waals surface area (Å²) in [6, 6.07) is 5.52. The molecule has 7 nitrogen and oxygen atoms in total. The molecule has 0 spiro atoms. The van der Waals surface area contributed by atoms with Gasteiger partial charge in [0.25, 0.3) is 0 Å². The van der Waals surface area contributed by atoms with Crippen molar-refractivity contribution in [3.05, 3.63) is 17.7 Å². The number of imide groups is 1. The van der Waals surface area contributed by atoms with Crippen LogP contribution in [0.1, 0.15) is 32.3 Å². The molecule has 26 heavy (non-hydrogen) atoms. The molecule has 1 aromatic rings. The SMILES string of the molecule is C[C@@]12CC[C@](C)(O1)C1C(=O)N(c3ccc(C#N)c4c3NCCN4)C(=O)C12. The van der Waals surface area contributed by atoms with Gasteiger partial charge in [-0.2, -0.15) is 5.26 Å². The average Bonchev–Trinajstić information content (AvgIpc) is 3.18. The van der Waals surface area contributed by atoms with Gasteiger partial charge in [-0.05, 0) is 38.8 Å². The van der Waals surface area contributed by atoms with E-state index in [1.165, 1.54) is 4.90 Å². The molecule has 134 valence electrons. The van der Waals surface area contributed by atoms with E-state index in [1.54, 1.807) is 12.1 Å². The van der Waals surface area contributed by atoms with Crippen molar-refractivity contribution in [1.29, 1.82) is 5.26 Å². The summed E-state index contributed by atoms with van der Waals surface area (Å²) in [5, 5.41) is 15.8. The maximum Gasteiger partial charge on any atom is 0.240 e. The van der Waals surface area contributed by atoms with Gasteiger partial charge in [0.05, 0.1) is 45.7 Å². The van der Waals surface area contributed by atoms with Crippen LogP contribution in [0.5, 0.6) is 0 Å². The minimum atomic E-state index is -0.570. The van der Waals surface area contributed by atoms with Crippen LogP contribution in [-0.4, -0.2) is 36.1 Å². The summed E-state index contributed by atoms with van der Waals surface area (Å²) in [4.78, 5) is 27.9. The van der Waals surface area contributed by atoms with Crippen LogP contribution in [0.15, 0.2) is 12.1 Å². The standard InChI is InChI=1S/C19H20N4O3/c1-18-5-6-19(2,26-18)13-12(18)16(24)23(17(13)25)11-4-3-10(9-20)14-15(11)22-8-7-21-14/h3-4,12-13,21-22H,5-8H2,1-2H3/t12?,13?,18-,19-/m0/s1. The molecule has 2 bridgehead atoms. The molecule has 0 aliphatic carbocycles. The number of amides is 2. The Kier molecular flexibility index (Phi) is 2.87.